The molecule has 2 rings (SSSR count). The quantitative estimate of drug-likeness (QED) is 0.796. The van der Waals surface area contributed by atoms with Crippen LogP contribution >= 0.6 is 15.9 Å². The van der Waals surface area contributed by atoms with Crippen LogP contribution in [0.2, 0.25) is 0 Å². The van der Waals surface area contributed by atoms with Crippen LogP contribution in [0.3, 0.4) is 0 Å². The van der Waals surface area contributed by atoms with Gasteiger partial charge in [0.1, 0.15) is 0 Å². The van der Waals surface area contributed by atoms with Gasteiger partial charge in [-0.2, -0.15) is 0 Å². The first-order chi connectivity index (χ1) is 8.00. The Kier molecular flexibility index (Phi) is 3.40. The molecule has 1 aromatic rings. The lowest BCUT2D eigenvalue weighted by Gasteiger charge is -2.26. The summed E-state index contributed by atoms with van der Waals surface area (Å²) in [5.74, 6) is -0.419. The van der Waals surface area contributed by atoms with Gasteiger partial charge < -0.3 is 16.4 Å². The number of primary amides is 1. The van der Waals surface area contributed by atoms with E-state index in [9.17, 15) is 4.79 Å². The molecule has 4 nitrogen and oxygen atoms in total. The maximum Gasteiger partial charge on any atom is 0.249 e. The first-order valence-corrected chi connectivity index (χ1v) is 6.38. The molecule has 0 aliphatic carbocycles. The van der Waals surface area contributed by atoms with Crippen molar-refractivity contribution in [2.45, 2.75) is 18.9 Å². The number of halogens is 1. The third kappa shape index (κ3) is 2.79. The molecule has 1 atom stereocenters. The Hall–Kier alpha value is -1.07. The van der Waals surface area contributed by atoms with Gasteiger partial charge in [-0.3, -0.25) is 4.79 Å². The molecule has 1 aromatic carbocycles. The minimum absolute atomic E-state index is 0.0771. The Morgan fingerprint density at radius 2 is 2.35 bits per heavy atom. The smallest absolute Gasteiger partial charge is 0.249 e. The second kappa shape index (κ2) is 4.66. The van der Waals surface area contributed by atoms with Crippen LogP contribution in [0.5, 0.6) is 0 Å². The molecule has 1 saturated heterocycles. The largest absolute Gasteiger partial charge is 0.379 e. The van der Waals surface area contributed by atoms with Crippen molar-refractivity contribution < 1.29 is 4.79 Å². The van der Waals surface area contributed by atoms with E-state index in [2.05, 4.69) is 33.5 Å². The highest BCUT2D eigenvalue weighted by Gasteiger charge is 2.28. The highest BCUT2D eigenvalue weighted by Crippen LogP contribution is 2.25. The van der Waals surface area contributed by atoms with Gasteiger partial charge in [0.25, 0.3) is 0 Å². The van der Waals surface area contributed by atoms with Gasteiger partial charge in [-0.05, 0) is 54.0 Å². The average molecular weight is 298 g/mol. The van der Waals surface area contributed by atoms with E-state index in [1.165, 1.54) is 0 Å². The van der Waals surface area contributed by atoms with E-state index in [0.29, 0.717) is 5.56 Å². The molecular formula is C12H16BrN3O. The standard InChI is InChI=1S/C12H16BrN3O/c1-12(4-5-15-7-12)16-8-2-3-9(11(14)17)10(13)6-8/h2-3,6,15-16H,4-5,7H2,1H3,(H2,14,17). The first kappa shape index (κ1) is 12.4. The van der Waals surface area contributed by atoms with Gasteiger partial charge in [-0.15, -0.1) is 0 Å². The van der Waals surface area contributed by atoms with Crippen molar-refractivity contribution in [1.82, 2.24) is 5.32 Å². The van der Waals surface area contributed by atoms with E-state index in [-0.39, 0.29) is 5.54 Å². The van der Waals surface area contributed by atoms with Gasteiger partial charge in [-0.1, -0.05) is 0 Å². The molecule has 1 aliphatic rings. The number of amides is 1. The van der Waals surface area contributed by atoms with Crippen molar-refractivity contribution >= 4 is 27.5 Å². The third-order valence-electron chi connectivity index (χ3n) is 3.05. The molecule has 0 spiro atoms. The molecule has 0 saturated carbocycles. The van der Waals surface area contributed by atoms with Crippen LogP contribution in [-0.4, -0.2) is 24.5 Å². The molecule has 1 heterocycles. The maximum atomic E-state index is 11.1. The highest BCUT2D eigenvalue weighted by atomic mass is 79.9. The molecule has 0 radical (unpaired) electrons. The second-order valence-corrected chi connectivity index (χ2v) is 5.53. The molecule has 1 fully saturated rings. The summed E-state index contributed by atoms with van der Waals surface area (Å²) in [6, 6.07) is 5.51. The molecule has 0 bridgehead atoms. The van der Waals surface area contributed by atoms with Crippen molar-refractivity contribution in [2.75, 3.05) is 18.4 Å². The normalized spacial score (nSPS) is 23.6. The first-order valence-electron chi connectivity index (χ1n) is 5.58. The number of nitrogens with one attached hydrogen (secondary N) is 2. The van der Waals surface area contributed by atoms with Crippen LogP contribution in [0.15, 0.2) is 22.7 Å². The maximum absolute atomic E-state index is 11.1. The fourth-order valence-electron chi connectivity index (χ4n) is 2.06. The summed E-state index contributed by atoms with van der Waals surface area (Å²) >= 11 is 3.36. The zero-order chi connectivity index (χ0) is 12.5. The van der Waals surface area contributed by atoms with Gasteiger partial charge >= 0.3 is 0 Å². The SMILES string of the molecule is CC1(Nc2ccc(C(N)=O)c(Br)c2)CCNC1. The Labute approximate surface area is 109 Å². The van der Waals surface area contributed by atoms with Gasteiger partial charge in [0.2, 0.25) is 5.91 Å². The van der Waals surface area contributed by atoms with Crippen LogP contribution < -0.4 is 16.4 Å². The minimum Gasteiger partial charge on any atom is -0.379 e. The number of hydrogen-bond acceptors (Lipinski definition) is 3. The van der Waals surface area contributed by atoms with E-state index in [4.69, 9.17) is 5.73 Å². The van der Waals surface area contributed by atoms with E-state index >= 15 is 0 Å². The van der Waals surface area contributed by atoms with Gasteiger partial charge in [0.15, 0.2) is 0 Å². The second-order valence-electron chi connectivity index (χ2n) is 4.67. The lowest BCUT2D eigenvalue weighted by Crippen LogP contribution is -2.36. The van der Waals surface area contributed by atoms with E-state index in [1.54, 1.807) is 6.07 Å². The van der Waals surface area contributed by atoms with Crippen LogP contribution in [0.25, 0.3) is 0 Å². The van der Waals surface area contributed by atoms with Crippen LogP contribution in [0.1, 0.15) is 23.7 Å². The predicted octanol–water partition coefficient (Wildman–Crippen LogP) is 1.71. The van der Waals surface area contributed by atoms with E-state index < -0.39 is 5.91 Å². The van der Waals surface area contributed by atoms with Gasteiger partial charge in [-0.25, -0.2) is 0 Å². The summed E-state index contributed by atoms with van der Waals surface area (Å²) in [4.78, 5) is 11.1. The summed E-state index contributed by atoms with van der Waals surface area (Å²) in [6.07, 6.45) is 1.09. The topological polar surface area (TPSA) is 67.1 Å². The molecule has 17 heavy (non-hydrogen) atoms. The van der Waals surface area contributed by atoms with Crippen molar-refractivity contribution in [3.05, 3.63) is 28.2 Å². The predicted molar refractivity (Wildman–Crippen MR) is 72.2 cm³/mol. The van der Waals surface area contributed by atoms with Crippen LogP contribution in [0.4, 0.5) is 5.69 Å². The van der Waals surface area contributed by atoms with Crippen LogP contribution in [0, 0.1) is 0 Å². The average Bonchev–Trinajstić information content (AvgIpc) is 2.64. The molecule has 0 aromatic heterocycles. The Morgan fingerprint density at radius 3 is 2.88 bits per heavy atom. The van der Waals surface area contributed by atoms with Gasteiger partial charge in [0, 0.05) is 22.2 Å². The number of nitrogens with two attached hydrogens (primary N) is 1. The zero-order valence-corrected chi connectivity index (χ0v) is 11.3. The molecule has 4 N–H and O–H groups in total. The molecule has 92 valence electrons. The van der Waals surface area contributed by atoms with Crippen LogP contribution in [-0.2, 0) is 0 Å². The van der Waals surface area contributed by atoms with Crippen molar-refractivity contribution in [2.24, 2.45) is 5.73 Å². The molecule has 5 heteroatoms. The van der Waals surface area contributed by atoms with Crippen molar-refractivity contribution in [3.63, 3.8) is 0 Å². The van der Waals surface area contributed by atoms with E-state index in [0.717, 1.165) is 29.7 Å². The lowest BCUT2D eigenvalue weighted by atomic mass is 10.0. The summed E-state index contributed by atoms with van der Waals surface area (Å²) in [5, 5.41) is 6.81. The third-order valence-corrected chi connectivity index (χ3v) is 3.71. The number of carbonyl (C=O) groups is 1. The number of hydrogen-bond donors (Lipinski definition) is 3. The van der Waals surface area contributed by atoms with Crippen molar-refractivity contribution in [3.8, 4) is 0 Å². The number of benzene rings is 1. The monoisotopic (exact) mass is 297 g/mol. The molecule has 1 amide bonds. The molecule has 1 unspecified atom stereocenters. The Bertz CT molecular complexity index is 441. The summed E-state index contributed by atoms with van der Waals surface area (Å²) in [7, 11) is 0. The lowest BCUT2D eigenvalue weighted by molar-refractivity contribution is 0.0999. The van der Waals surface area contributed by atoms with Crippen molar-refractivity contribution in [1.29, 1.82) is 0 Å². The summed E-state index contributed by atoms with van der Waals surface area (Å²) in [5.41, 5.74) is 6.83. The molecule has 1 aliphatic heterocycles. The minimum atomic E-state index is -0.419. The zero-order valence-electron chi connectivity index (χ0n) is 9.72. The number of rotatable bonds is 3. The number of anilines is 1. The summed E-state index contributed by atoms with van der Waals surface area (Å²) in [6.45, 7) is 4.16. The fraction of sp³-hybridized carbons (Fsp3) is 0.417. The fourth-order valence-corrected chi connectivity index (χ4v) is 2.64. The van der Waals surface area contributed by atoms with Gasteiger partial charge in [0.05, 0.1) is 5.56 Å². The Morgan fingerprint density at radius 1 is 1.59 bits per heavy atom. The highest BCUT2D eigenvalue weighted by molar-refractivity contribution is 9.10. The Balaban J connectivity index is 2.17. The summed E-state index contributed by atoms with van der Waals surface area (Å²) < 4.78 is 0.726. The number of carbonyl (C=O) groups excluding carboxylic acids is 1. The van der Waals surface area contributed by atoms with E-state index in [1.807, 2.05) is 12.1 Å². The molecular weight excluding hydrogens is 282 g/mol.